The summed E-state index contributed by atoms with van der Waals surface area (Å²) in [5.41, 5.74) is 6.69. The van der Waals surface area contributed by atoms with E-state index in [0.717, 1.165) is 0 Å². The predicted octanol–water partition coefficient (Wildman–Crippen LogP) is 2.98. The molecule has 0 spiro atoms. The molecule has 6 heteroatoms. The van der Waals surface area contributed by atoms with Gasteiger partial charge in [0.05, 0.1) is 16.8 Å². The fourth-order valence-electron chi connectivity index (χ4n) is 1.69. The summed E-state index contributed by atoms with van der Waals surface area (Å²) in [5, 5.41) is 11.6. The molecular formula is C14H11BrN2O3. The van der Waals surface area contributed by atoms with Gasteiger partial charge in [0.1, 0.15) is 0 Å². The van der Waals surface area contributed by atoms with Crippen LogP contribution >= 0.6 is 15.9 Å². The molecule has 0 heterocycles. The Morgan fingerprint density at radius 3 is 2.50 bits per heavy atom. The first-order valence-corrected chi connectivity index (χ1v) is 6.47. The average molecular weight is 335 g/mol. The molecule has 2 rings (SSSR count). The number of carboxylic acids is 1. The van der Waals surface area contributed by atoms with Crippen molar-refractivity contribution in [3.05, 3.63) is 58.1 Å². The molecule has 0 fully saturated rings. The monoisotopic (exact) mass is 334 g/mol. The van der Waals surface area contributed by atoms with Crippen LogP contribution in [0.2, 0.25) is 0 Å². The molecule has 102 valence electrons. The number of nitrogen functional groups attached to an aromatic ring is 1. The van der Waals surface area contributed by atoms with E-state index >= 15 is 0 Å². The van der Waals surface area contributed by atoms with Crippen molar-refractivity contribution in [1.82, 2.24) is 0 Å². The van der Waals surface area contributed by atoms with Gasteiger partial charge in [-0.1, -0.05) is 12.1 Å². The number of para-hydroxylation sites is 1. The number of carbonyl (C=O) groups is 2. The van der Waals surface area contributed by atoms with E-state index in [1.165, 1.54) is 18.2 Å². The zero-order valence-corrected chi connectivity index (χ0v) is 11.8. The van der Waals surface area contributed by atoms with Gasteiger partial charge in [-0.05, 0) is 46.3 Å². The number of benzene rings is 2. The van der Waals surface area contributed by atoms with Gasteiger partial charge in [0.25, 0.3) is 5.91 Å². The SMILES string of the molecule is Nc1ccc(Br)c(C(=O)Nc2ccccc2C(=O)O)c1. The number of carboxylic acid groups (broad SMARTS) is 1. The second-order valence-electron chi connectivity index (χ2n) is 4.04. The zero-order chi connectivity index (χ0) is 14.7. The van der Waals surface area contributed by atoms with Crippen LogP contribution in [0.1, 0.15) is 20.7 Å². The van der Waals surface area contributed by atoms with E-state index in [9.17, 15) is 9.59 Å². The second-order valence-corrected chi connectivity index (χ2v) is 4.90. The van der Waals surface area contributed by atoms with Gasteiger partial charge in [-0.2, -0.15) is 0 Å². The van der Waals surface area contributed by atoms with Crippen LogP contribution in [-0.2, 0) is 0 Å². The summed E-state index contributed by atoms with van der Waals surface area (Å²) in [6.45, 7) is 0. The maximum absolute atomic E-state index is 12.2. The van der Waals surface area contributed by atoms with Crippen LogP contribution in [0.4, 0.5) is 11.4 Å². The summed E-state index contributed by atoms with van der Waals surface area (Å²) in [6.07, 6.45) is 0. The largest absolute Gasteiger partial charge is 0.478 e. The van der Waals surface area contributed by atoms with Crippen molar-refractivity contribution in [1.29, 1.82) is 0 Å². The van der Waals surface area contributed by atoms with Gasteiger partial charge in [-0.25, -0.2) is 4.79 Å². The smallest absolute Gasteiger partial charge is 0.337 e. The summed E-state index contributed by atoms with van der Waals surface area (Å²) in [4.78, 5) is 23.3. The van der Waals surface area contributed by atoms with Crippen molar-refractivity contribution >= 4 is 39.2 Å². The molecule has 0 bridgehead atoms. The lowest BCUT2D eigenvalue weighted by Crippen LogP contribution is -2.15. The first kappa shape index (κ1) is 14.1. The molecule has 0 saturated carbocycles. The lowest BCUT2D eigenvalue weighted by molar-refractivity contribution is 0.0698. The molecular weight excluding hydrogens is 324 g/mol. The molecule has 20 heavy (non-hydrogen) atoms. The number of hydrogen-bond donors (Lipinski definition) is 3. The third-order valence-electron chi connectivity index (χ3n) is 2.64. The van der Waals surface area contributed by atoms with Crippen LogP contribution in [-0.4, -0.2) is 17.0 Å². The zero-order valence-electron chi connectivity index (χ0n) is 10.3. The van der Waals surface area contributed by atoms with Gasteiger partial charge in [-0.3, -0.25) is 4.79 Å². The lowest BCUT2D eigenvalue weighted by atomic mass is 10.1. The number of nitrogens with two attached hydrogens (primary N) is 1. The van der Waals surface area contributed by atoms with Gasteiger partial charge in [0.2, 0.25) is 0 Å². The minimum absolute atomic E-state index is 0.0286. The van der Waals surface area contributed by atoms with E-state index in [2.05, 4.69) is 21.2 Å². The van der Waals surface area contributed by atoms with E-state index in [-0.39, 0.29) is 11.3 Å². The molecule has 0 atom stereocenters. The van der Waals surface area contributed by atoms with Gasteiger partial charge < -0.3 is 16.2 Å². The number of nitrogens with one attached hydrogen (secondary N) is 1. The Bertz CT molecular complexity index is 686. The Morgan fingerprint density at radius 2 is 1.80 bits per heavy atom. The Kier molecular flexibility index (Phi) is 4.05. The topological polar surface area (TPSA) is 92.4 Å². The summed E-state index contributed by atoms with van der Waals surface area (Å²) < 4.78 is 0.581. The quantitative estimate of drug-likeness (QED) is 0.752. The highest BCUT2D eigenvalue weighted by Crippen LogP contribution is 2.22. The first-order chi connectivity index (χ1) is 9.49. The van der Waals surface area contributed by atoms with Crippen LogP contribution < -0.4 is 11.1 Å². The molecule has 2 aromatic carbocycles. The minimum Gasteiger partial charge on any atom is -0.478 e. The molecule has 0 unspecified atom stereocenters. The molecule has 4 N–H and O–H groups in total. The van der Waals surface area contributed by atoms with Gasteiger partial charge in [-0.15, -0.1) is 0 Å². The maximum Gasteiger partial charge on any atom is 0.337 e. The second kappa shape index (κ2) is 5.75. The number of amides is 1. The van der Waals surface area contributed by atoms with Crippen molar-refractivity contribution in [2.45, 2.75) is 0 Å². The third kappa shape index (κ3) is 2.97. The molecule has 5 nitrogen and oxygen atoms in total. The molecule has 0 aliphatic rings. The Labute approximate surface area is 123 Å². The van der Waals surface area contributed by atoms with E-state index in [1.54, 1.807) is 24.3 Å². The van der Waals surface area contributed by atoms with Gasteiger partial charge in [0, 0.05) is 10.2 Å². The first-order valence-electron chi connectivity index (χ1n) is 5.67. The number of aromatic carboxylic acids is 1. The van der Waals surface area contributed by atoms with E-state index in [1.807, 2.05) is 0 Å². The summed E-state index contributed by atoms with van der Waals surface area (Å²) in [7, 11) is 0. The van der Waals surface area contributed by atoms with Gasteiger partial charge >= 0.3 is 5.97 Å². The Hall–Kier alpha value is -2.34. The standard InChI is InChI=1S/C14H11BrN2O3/c15-11-6-5-8(16)7-10(11)13(18)17-12-4-2-1-3-9(12)14(19)20/h1-7H,16H2,(H,17,18)(H,19,20). The van der Waals surface area contributed by atoms with Crippen LogP contribution in [0.25, 0.3) is 0 Å². The van der Waals surface area contributed by atoms with E-state index in [4.69, 9.17) is 10.8 Å². The summed E-state index contributed by atoms with van der Waals surface area (Å²) in [5.74, 6) is -1.54. The van der Waals surface area contributed by atoms with Crippen molar-refractivity contribution < 1.29 is 14.7 Å². The summed E-state index contributed by atoms with van der Waals surface area (Å²) in [6, 6.07) is 11.0. The molecule has 1 amide bonds. The fourth-order valence-corrected chi connectivity index (χ4v) is 2.11. The molecule has 0 aromatic heterocycles. The Balaban J connectivity index is 2.33. The minimum atomic E-state index is -1.10. The third-order valence-corrected chi connectivity index (χ3v) is 3.33. The number of hydrogen-bond acceptors (Lipinski definition) is 3. The normalized spacial score (nSPS) is 10.1. The van der Waals surface area contributed by atoms with Crippen LogP contribution in [0.3, 0.4) is 0 Å². The van der Waals surface area contributed by atoms with Crippen molar-refractivity contribution in [3.63, 3.8) is 0 Å². The summed E-state index contributed by atoms with van der Waals surface area (Å²) >= 11 is 3.26. The number of anilines is 2. The maximum atomic E-state index is 12.2. The molecule has 0 aliphatic heterocycles. The number of carbonyl (C=O) groups excluding carboxylic acids is 1. The van der Waals surface area contributed by atoms with Crippen LogP contribution in [0, 0.1) is 0 Å². The van der Waals surface area contributed by atoms with E-state index < -0.39 is 11.9 Å². The molecule has 0 saturated heterocycles. The Morgan fingerprint density at radius 1 is 1.10 bits per heavy atom. The molecule has 2 aromatic rings. The van der Waals surface area contributed by atoms with Crippen molar-refractivity contribution in [2.75, 3.05) is 11.1 Å². The number of rotatable bonds is 3. The van der Waals surface area contributed by atoms with Crippen LogP contribution in [0.5, 0.6) is 0 Å². The van der Waals surface area contributed by atoms with Gasteiger partial charge in [0.15, 0.2) is 0 Å². The average Bonchev–Trinajstić information content (AvgIpc) is 2.41. The highest BCUT2D eigenvalue weighted by atomic mass is 79.9. The fraction of sp³-hybridized carbons (Fsp3) is 0. The molecule has 0 radical (unpaired) electrons. The van der Waals surface area contributed by atoms with E-state index in [0.29, 0.717) is 15.7 Å². The van der Waals surface area contributed by atoms with Crippen LogP contribution in [0.15, 0.2) is 46.9 Å². The number of halogens is 1. The molecule has 0 aliphatic carbocycles. The van der Waals surface area contributed by atoms with Crippen molar-refractivity contribution in [2.24, 2.45) is 0 Å². The van der Waals surface area contributed by atoms with Crippen molar-refractivity contribution in [3.8, 4) is 0 Å². The highest BCUT2D eigenvalue weighted by Gasteiger charge is 2.15. The highest BCUT2D eigenvalue weighted by molar-refractivity contribution is 9.10. The lowest BCUT2D eigenvalue weighted by Gasteiger charge is -2.10. The predicted molar refractivity (Wildman–Crippen MR) is 79.9 cm³/mol.